The van der Waals surface area contributed by atoms with Gasteiger partial charge in [0.25, 0.3) is 0 Å². The van der Waals surface area contributed by atoms with Crippen molar-refractivity contribution >= 4 is 16.7 Å². The first-order valence-electron chi connectivity index (χ1n) is 5.53. The Bertz CT molecular complexity index is 558. The molecule has 2 aromatic rings. The van der Waals surface area contributed by atoms with Crippen molar-refractivity contribution in [1.29, 1.82) is 0 Å². The lowest BCUT2D eigenvalue weighted by Gasteiger charge is -2.07. The van der Waals surface area contributed by atoms with Gasteiger partial charge in [-0.15, -0.1) is 0 Å². The van der Waals surface area contributed by atoms with Gasteiger partial charge in [0, 0.05) is 12.3 Å². The fourth-order valence-electron chi connectivity index (χ4n) is 1.94. The molecule has 82 valence electrons. The molecular weight excluding hydrogens is 198 g/mol. The maximum Gasteiger partial charge on any atom is 0.178 e. The van der Waals surface area contributed by atoms with Gasteiger partial charge in [0.1, 0.15) is 5.69 Å². The van der Waals surface area contributed by atoms with Gasteiger partial charge in [0.15, 0.2) is 5.78 Å². The molecule has 0 saturated heterocycles. The van der Waals surface area contributed by atoms with Gasteiger partial charge in [-0.2, -0.15) is 0 Å². The van der Waals surface area contributed by atoms with E-state index in [0.29, 0.717) is 5.69 Å². The number of pyridine rings is 1. The highest BCUT2D eigenvalue weighted by atomic mass is 16.1. The maximum absolute atomic E-state index is 11.4. The Hall–Kier alpha value is -1.70. The summed E-state index contributed by atoms with van der Waals surface area (Å²) < 4.78 is 0. The molecule has 0 atom stereocenters. The van der Waals surface area contributed by atoms with E-state index in [9.17, 15) is 4.79 Å². The summed E-state index contributed by atoms with van der Waals surface area (Å²) in [5.74, 6) is 0.0240. The van der Waals surface area contributed by atoms with Crippen LogP contribution >= 0.6 is 0 Å². The van der Waals surface area contributed by atoms with Gasteiger partial charge in [-0.25, -0.2) is 4.98 Å². The first kappa shape index (κ1) is 10.8. The van der Waals surface area contributed by atoms with Crippen LogP contribution in [0.1, 0.15) is 35.5 Å². The largest absolute Gasteiger partial charge is 0.293 e. The van der Waals surface area contributed by atoms with Gasteiger partial charge < -0.3 is 0 Å². The Morgan fingerprint density at radius 2 is 2.12 bits per heavy atom. The second-order valence-corrected chi connectivity index (χ2v) is 4.05. The van der Waals surface area contributed by atoms with Crippen LogP contribution in [0.3, 0.4) is 0 Å². The Kier molecular flexibility index (Phi) is 2.73. The van der Waals surface area contributed by atoms with Crippen molar-refractivity contribution in [2.75, 3.05) is 0 Å². The molecule has 2 rings (SSSR count). The summed E-state index contributed by atoms with van der Waals surface area (Å²) in [5, 5.41) is 1.14. The van der Waals surface area contributed by atoms with E-state index in [1.807, 2.05) is 19.1 Å². The standard InChI is InChI=1S/C14H15NO/c1-4-11-6-5-7-12-9(2)8-13(10(3)16)15-14(11)12/h5-8H,4H2,1-3H3. The molecule has 0 amide bonds. The van der Waals surface area contributed by atoms with Crippen LogP contribution in [-0.2, 0) is 6.42 Å². The number of Topliss-reactive ketones (excluding diaryl/α,β-unsaturated/α-hetero) is 1. The first-order valence-corrected chi connectivity index (χ1v) is 5.53. The fraction of sp³-hybridized carbons (Fsp3) is 0.286. The smallest absolute Gasteiger partial charge is 0.178 e. The van der Waals surface area contributed by atoms with Gasteiger partial charge >= 0.3 is 0 Å². The van der Waals surface area contributed by atoms with Crippen LogP contribution in [0.25, 0.3) is 10.9 Å². The third-order valence-electron chi connectivity index (χ3n) is 2.87. The SMILES string of the molecule is CCc1cccc2c(C)cc(C(C)=O)nc12. The lowest BCUT2D eigenvalue weighted by molar-refractivity contribution is 0.101. The number of ketones is 1. The molecule has 0 aliphatic carbocycles. The van der Waals surface area contributed by atoms with Crippen molar-refractivity contribution < 1.29 is 4.79 Å². The van der Waals surface area contributed by atoms with E-state index in [1.165, 1.54) is 5.56 Å². The number of hydrogen-bond acceptors (Lipinski definition) is 2. The minimum absolute atomic E-state index is 0.0240. The number of aryl methyl sites for hydroxylation is 2. The summed E-state index contributed by atoms with van der Waals surface area (Å²) in [7, 11) is 0. The predicted octanol–water partition coefficient (Wildman–Crippen LogP) is 3.31. The van der Waals surface area contributed by atoms with Crippen molar-refractivity contribution in [3.63, 3.8) is 0 Å². The lowest BCUT2D eigenvalue weighted by atomic mass is 10.0. The van der Waals surface area contributed by atoms with E-state index in [4.69, 9.17) is 0 Å². The Morgan fingerprint density at radius 3 is 2.75 bits per heavy atom. The highest BCUT2D eigenvalue weighted by Crippen LogP contribution is 2.21. The van der Waals surface area contributed by atoms with Crippen molar-refractivity contribution in [3.8, 4) is 0 Å². The molecule has 0 bridgehead atoms. The number of carbonyl (C=O) groups excluding carboxylic acids is 1. The topological polar surface area (TPSA) is 30.0 Å². The summed E-state index contributed by atoms with van der Waals surface area (Å²) in [6.07, 6.45) is 0.936. The average Bonchev–Trinajstić information content (AvgIpc) is 2.28. The third-order valence-corrected chi connectivity index (χ3v) is 2.87. The number of hydrogen-bond donors (Lipinski definition) is 0. The van der Waals surface area contributed by atoms with Crippen LogP contribution in [0.15, 0.2) is 24.3 Å². The molecule has 1 heterocycles. The summed E-state index contributed by atoms with van der Waals surface area (Å²) in [5.41, 5.74) is 3.84. The fourth-order valence-corrected chi connectivity index (χ4v) is 1.94. The molecule has 0 radical (unpaired) electrons. The van der Waals surface area contributed by atoms with Gasteiger partial charge in [0.2, 0.25) is 0 Å². The van der Waals surface area contributed by atoms with E-state index in [1.54, 1.807) is 6.92 Å². The quantitative estimate of drug-likeness (QED) is 0.716. The molecule has 0 saturated carbocycles. The molecule has 1 aromatic heterocycles. The van der Waals surface area contributed by atoms with Crippen LogP contribution in [0.5, 0.6) is 0 Å². The number of fused-ring (bicyclic) bond motifs is 1. The molecule has 0 unspecified atom stereocenters. The molecule has 0 spiro atoms. The van der Waals surface area contributed by atoms with Crippen LogP contribution in [0.4, 0.5) is 0 Å². The number of benzene rings is 1. The number of para-hydroxylation sites is 1. The van der Waals surface area contributed by atoms with Crippen LogP contribution in [0.2, 0.25) is 0 Å². The van der Waals surface area contributed by atoms with E-state index < -0.39 is 0 Å². The van der Waals surface area contributed by atoms with Crippen LogP contribution in [-0.4, -0.2) is 10.8 Å². The van der Waals surface area contributed by atoms with Gasteiger partial charge in [-0.1, -0.05) is 25.1 Å². The Labute approximate surface area is 95.3 Å². The molecule has 0 aliphatic heterocycles. The van der Waals surface area contributed by atoms with Crippen molar-refractivity contribution in [3.05, 3.63) is 41.1 Å². The molecule has 2 nitrogen and oxygen atoms in total. The van der Waals surface area contributed by atoms with E-state index >= 15 is 0 Å². The van der Waals surface area contributed by atoms with Crippen LogP contribution < -0.4 is 0 Å². The number of rotatable bonds is 2. The summed E-state index contributed by atoms with van der Waals surface area (Å²) in [6, 6.07) is 8.03. The van der Waals surface area contributed by atoms with Gasteiger partial charge in [-0.3, -0.25) is 4.79 Å². The molecule has 0 fully saturated rings. The zero-order chi connectivity index (χ0) is 11.7. The van der Waals surface area contributed by atoms with E-state index in [2.05, 4.69) is 24.0 Å². The van der Waals surface area contributed by atoms with Crippen molar-refractivity contribution in [1.82, 2.24) is 4.98 Å². The second kappa shape index (κ2) is 4.05. The van der Waals surface area contributed by atoms with E-state index in [0.717, 1.165) is 22.9 Å². The highest BCUT2D eigenvalue weighted by Gasteiger charge is 2.08. The van der Waals surface area contributed by atoms with Gasteiger partial charge in [-0.05, 0) is 30.5 Å². The normalized spacial score (nSPS) is 10.7. The molecule has 0 aliphatic rings. The minimum Gasteiger partial charge on any atom is -0.293 e. The molecule has 1 aromatic carbocycles. The van der Waals surface area contributed by atoms with Crippen molar-refractivity contribution in [2.24, 2.45) is 0 Å². The molecule has 0 N–H and O–H groups in total. The zero-order valence-corrected chi connectivity index (χ0v) is 9.87. The molecule has 16 heavy (non-hydrogen) atoms. The molecular formula is C14H15NO. The highest BCUT2D eigenvalue weighted by molar-refractivity contribution is 5.96. The Balaban J connectivity index is 2.82. The lowest BCUT2D eigenvalue weighted by Crippen LogP contribution is -2.00. The third kappa shape index (κ3) is 1.71. The molecule has 2 heteroatoms. The number of carbonyl (C=O) groups is 1. The van der Waals surface area contributed by atoms with E-state index in [-0.39, 0.29) is 5.78 Å². The minimum atomic E-state index is 0.0240. The first-order chi connectivity index (χ1) is 7.63. The predicted molar refractivity (Wildman–Crippen MR) is 65.9 cm³/mol. The summed E-state index contributed by atoms with van der Waals surface area (Å²) in [4.78, 5) is 15.8. The monoisotopic (exact) mass is 213 g/mol. The average molecular weight is 213 g/mol. The maximum atomic E-state index is 11.4. The summed E-state index contributed by atoms with van der Waals surface area (Å²) >= 11 is 0. The second-order valence-electron chi connectivity index (χ2n) is 4.05. The Morgan fingerprint density at radius 1 is 1.38 bits per heavy atom. The van der Waals surface area contributed by atoms with Gasteiger partial charge in [0.05, 0.1) is 5.52 Å². The zero-order valence-electron chi connectivity index (χ0n) is 9.87. The number of nitrogens with zero attached hydrogens (tertiary/aromatic N) is 1. The summed E-state index contributed by atoms with van der Waals surface area (Å²) in [6.45, 7) is 5.68. The number of aromatic nitrogens is 1. The van der Waals surface area contributed by atoms with Crippen molar-refractivity contribution in [2.45, 2.75) is 27.2 Å². The van der Waals surface area contributed by atoms with Crippen LogP contribution in [0, 0.1) is 6.92 Å².